The van der Waals surface area contributed by atoms with E-state index in [-0.39, 0.29) is 11.9 Å². The zero-order valence-electron chi connectivity index (χ0n) is 16.0. The molecule has 3 heteroatoms. The molecule has 0 amide bonds. The highest BCUT2D eigenvalue weighted by Gasteiger charge is 2.27. The number of ether oxygens (including phenoxy) is 2. The molecule has 0 aromatic heterocycles. The largest absolute Gasteiger partial charge is 0.494 e. The van der Waals surface area contributed by atoms with Gasteiger partial charge in [-0.15, -0.1) is 12.3 Å². The molecule has 2 rings (SSSR count). The lowest BCUT2D eigenvalue weighted by atomic mass is 9.80. The van der Waals surface area contributed by atoms with Crippen LogP contribution in [0.1, 0.15) is 71.1 Å². The van der Waals surface area contributed by atoms with Crippen molar-refractivity contribution in [2.45, 2.75) is 71.1 Å². The maximum absolute atomic E-state index is 12.4. The van der Waals surface area contributed by atoms with E-state index in [1.165, 1.54) is 25.7 Å². The summed E-state index contributed by atoms with van der Waals surface area (Å²) in [4.78, 5) is 12.4. The number of benzene rings is 1. The molecular formula is C23H32O3. The van der Waals surface area contributed by atoms with Crippen molar-refractivity contribution in [3.05, 3.63) is 24.3 Å². The lowest BCUT2D eigenvalue weighted by molar-refractivity contribution is -0.140. The molecule has 1 aromatic carbocycles. The van der Waals surface area contributed by atoms with E-state index in [4.69, 9.17) is 15.9 Å². The van der Waals surface area contributed by atoms with Gasteiger partial charge in [-0.25, -0.2) is 0 Å². The van der Waals surface area contributed by atoms with Crippen LogP contribution >= 0.6 is 0 Å². The Morgan fingerprint density at radius 1 is 1.08 bits per heavy atom. The summed E-state index contributed by atoms with van der Waals surface area (Å²) in [6.07, 6.45) is 16.3. The van der Waals surface area contributed by atoms with Crippen molar-refractivity contribution in [3.63, 3.8) is 0 Å². The number of hydrogen-bond acceptors (Lipinski definition) is 3. The maximum Gasteiger partial charge on any atom is 0.314 e. The molecule has 26 heavy (non-hydrogen) atoms. The van der Waals surface area contributed by atoms with E-state index < -0.39 is 0 Å². The summed E-state index contributed by atoms with van der Waals surface area (Å²) in [5.41, 5.74) is 0. The predicted octanol–water partition coefficient (Wildman–Crippen LogP) is 5.77. The molecule has 0 bridgehead atoms. The lowest BCUT2D eigenvalue weighted by Crippen LogP contribution is -2.25. The predicted molar refractivity (Wildman–Crippen MR) is 105 cm³/mol. The Kier molecular flexibility index (Phi) is 9.10. The first-order valence-electron chi connectivity index (χ1n) is 10.1. The quantitative estimate of drug-likeness (QED) is 0.231. The third-order valence-corrected chi connectivity index (χ3v) is 5.17. The van der Waals surface area contributed by atoms with Gasteiger partial charge in [0.15, 0.2) is 0 Å². The fraction of sp³-hybridized carbons (Fsp3) is 0.609. The van der Waals surface area contributed by atoms with E-state index >= 15 is 0 Å². The van der Waals surface area contributed by atoms with E-state index in [1.807, 2.05) is 12.1 Å². The molecule has 1 aliphatic carbocycles. The van der Waals surface area contributed by atoms with Gasteiger partial charge in [0.25, 0.3) is 0 Å². The van der Waals surface area contributed by atoms with Crippen LogP contribution in [0.25, 0.3) is 0 Å². The van der Waals surface area contributed by atoms with Gasteiger partial charge in [0, 0.05) is 6.42 Å². The monoisotopic (exact) mass is 356 g/mol. The first-order chi connectivity index (χ1) is 12.7. The zero-order valence-corrected chi connectivity index (χ0v) is 16.0. The highest BCUT2D eigenvalue weighted by Crippen LogP contribution is 2.33. The average molecular weight is 357 g/mol. The third kappa shape index (κ3) is 7.12. The topological polar surface area (TPSA) is 35.5 Å². The minimum atomic E-state index is -0.0836. The van der Waals surface area contributed by atoms with Crippen molar-refractivity contribution in [1.29, 1.82) is 0 Å². The van der Waals surface area contributed by atoms with E-state index in [9.17, 15) is 4.79 Å². The molecule has 1 aliphatic rings. The number of esters is 1. The van der Waals surface area contributed by atoms with Crippen LogP contribution < -0.4 is 9.47 Å². The molecule has 1 aromatic rings. The van der Waals surface area contributed by atoms with Crippen molar-refractivity contribution in [1.82, 2.24) is 0 Å². The molecule has 3 nitrogen and oxygen atoms in total. The Hall–Kier alpha value is -1.95. The van der Waals surface area contributed by atoms with Crippen molar-refractivity contribution in [2.24, 2.45) is 11.8 Å². The summed E-state index contributed by atoms with van der Waals surface area (Å²) < 4.78 is 11.2. The molecule has 0 unspecified atom stereocenters. The van der Waals surface area contributed by atoms with Gasteiger partial charge < -0.3 is 9.47 Å². The van der Waals surface area contributed by atoms with Crippen LogP contribution in [0.2, 0.25) is 0 Å². The summed E-state index contributed by atoms with van der Waals surface area (Å²) in [7, 11) is 0. The molecule has 0 saturated heterocycles. The molecule has 0 radical (unpaired) electrons. The zero-order chi connectivity index (χ0) is 18.6. The number of terminal acetylenes is 1. The Bertz CT molecular complexity index is 562. The summed E-state index contributed by atoms with van der Waals surface area (Å²) in [5.74, 6) is 4.73. The number of unbranched alkanes of at least 4 members (excludes halogenated alkanes) is 3. The molecule has 142 valence electrons. The van der Waals surface area contributed by atoms with E-state index in [0.29, 0.717) is 12.4 Å². The molecule has 0 aliphatic heterocycles. The van der Waals surface area contributed by atoms with Crippen LogP contribution in [0.15, 0.2) is 24.3 Å². The number of carbonyl (C=O) groups excluding carboxylic acids is 1. The second-order valence-corrected chi connectivity index (χ2v) is 7.26. The second-order valence-electron chi connectivity index (χ2n) is 7.26. The highest BCUT2D eigenvalue weighted by atomic mass is 16.5. The van der Waals surface area contributed by atoms with Crippen LogP contribution in [0.4, 0.5) is 0 Å². The standard InChI is InChI=1S/C23H32O3/c1-3-5-7-9-19-10-12-20(13-11-19)23(24)26-22-16-14-21(15-17-22)25-18-8-6-4-2/h2,14-17,19-20H,3,5-13,18H2,1H3. The summed E-state index contributed by atoms with van der Waals surface area (Å²) in [6, 6.07) is 7.27. The minimum absolute atomic E-state index is 0.0529. The fourth-order valence-corrected chi connectivity index (χ4v) is 3.54. The van der Waals surface area contributed by atoms with Crippen LogP contribution in [-0.4, -0.2) is 12.6 Å². The Labute approximate surface area is 158 Å². The van der Waals surface area contributed by atoms with Gasteiger partial charge in [-0.3, -0.25) is 4.79 Å². The van der Waals surface area contributed by atoms with E-state index in [2.05, 4.69) is 12.8 Å². The molecule has 1 fully saturated rings. The number of carbonyl (C=O) groups is 1. The van der Waals surface area contributed by atoms with Gasteiger partial charge in [0.1, 0.15) is 11.5 Å². The van der Waals surface area contributed by atoms with Crippen molar-refractivity contribution in [3.8, 4) is 23.8 Å². The van der Waals surface area contributed by atoms with Gasteiger partial charge in [0.05, 0.1) is 12.5 Å². The lowest BCUT2D eigenvalue weighted by Gasteiger charge is -2.27. The van der Waals surface area contributed by atoms with Gasteiger partial charge >= 0.3 is 5.97 Å². The molecular weight excluding hydrogens is 324 g/mol. The smallest absolute Gasteiger partial charge is 0.314 e. The summed E-state index contributed by atoms with van der Waals surface area (Å²) >= 11 is 0. The first kappa shape index (κ1) is 20.4. The molecule has 0 heterocycles. The van der Waals surface area contributed by atoms with Gasteiger partial charge in [-0.2, -0.15) is 0 Å². The SMILES string of the molecule is C#CCCCOc1ccc(OC(=O)C2CCC(CCCCC)CC2)cc1. The molecule has 1 saturated carbocycles. The first-order valence-corrected chi connectivity index (χ1v) is 10.1. The molecule has 0 atom stereocenters. The van der Waals surface area contributed by atoms with Crippen molar-refractivity contribution < 1.29 is 14.3 Å². The van der Waals surface area contributed by atoms with Crippen LogP contribution in [0.5, 0.6) is 11.5 Å². The van der Waals surface area contributed by atoms with Crippen molar-refractivity contribution >= 4 is 5.97 Å². The Morgan fingerprint density at radius 2 is 1.77 bits per heavy atom. The summed E-state index contributed by atoms with van der Waals surface area (Å²) in [6.45, 7) is 2.84. The van der Waals surface area contributed by atoms with Gasteiger partial charge in [-0.1, -0.05) is 32.6 Å². The van der Waals surface area contributed by atoms with Crippen molar-refractivity contribution in [2.75, 3.05) is 6.61 Å². The normalized spacial score (nSPS) is 19.5. The maximum atomic E-state index is 12.4. The van der Waals surface area contributed by atoms with Gasteiger partial charge in [-0.05, 0) is 62.3 Å². The fourth-order valence-electron chi connectivity index (χ4n) is 3.54. The Balaban J connectivity index is 1.70. The van der Waals surface area contributed by atoms with Crippen LogP contribution in [0.3, 0.4) is 0 Å². The van der Waals surface area contributed by atoms with Crippen LogP contribution in [-0.2, 0) is 4.79 Å². The highest BCUT2D eigenvalue weighted by molar-refractivity contribution is 5.75. The molecule has 0 N–H and O–H groups in total. The van der Waals surface area contributed by atoms with E-state index in [0.717, 1.165) is 50.2 Å². The second kappa shape index (κ2) is 11.6. The van der Waals surface area contributed by atoms with E-state index in [1.54, 1.807) is 12.1 Å². The molecule has 0 spiro atoms. The average Bonchev–Trinajstić information content (AvgIpc) is 2.67. The summed E-state index contributed by atoms with van der Waals surface area (Å²) in [5, 5.41) is 0. The number of rotatable bonds is 10. The van der Waals surface area contributed by atoms with Crippen LogP contribution in [0, 0.1) is 24.2 Å². The Morgan fingerprint density at radius 3 is 2.42 bits per heavy atom. The third-order valence-electron chi connectivity index (χ3n) is 5.17. The number of hydrogen-bond donors (Lipinski definition) is 0. The minimum Gasteiger partial charge on any atom is -0.494 e. The van der Waals surface area contributed by atoms with Gasteiger partial charge in [0.2, 0.25) is 0 Å².